The molecule has 7 heteroatoms. The van der Waals surface area contributed by atoms with E-state index in [-0.39, 0.29) is 12.1 Å². The number of aromatic amines is 1. The highest BCUT2D eigenvalue weighted by Crippen LogP contribution is 1.94. The number of carboxylic acids is 1. The van der Waals surface area contributed by atoms with Gasteiger partial charge in [0.1, 0.15) is 5.69 Å². The second kappa shape index (κ2) is 5.06. The Hall–Kier alpha value is -2.18. The van der Waals surface area contributed by atoms with Gasteiger partial charge in [-0.2, -0.15) is 0 Å². The summed E-state index contributed by atoms with van der Waals surface area (Å²) in [7, 11) is 0. The number of hydrogen-bond donors (Lipinski definition) is 3. The number of amides is 1. The largest absolute Gasteiger partial charge is 0.481 e. The maximum atomic E-state index is 11.5. The minimum absolute atomic E-state index is 0.0387. The van der Waals surface area contributed by atoms with Gasteiger partial charge >= 0.3 is 5.97 Å². The fraction of sp³-hybridized carbons (Fsp3) is 0.333. The highest BCUT2D eigenvalue weighted by molar-refractivity contribution is 5.92. The second-order valence-corrected chi connectivity index (χ2v) is 3.27. The molecule has 0 aliphatic heterocycles. The first-order chi connectivity index (χ1) is 7.49. The van der Waals surface area contributed by atoms with Gasteiger partial charge in [-0.3, -0.25) is 14.4 Å². The number of carbonyl (C=O) groups is 2. The van der Waals surface area contributed by atoms with Crippen LogP contribution in [-0.4, -0.2) is 33.0 Å². The summed E-state index contributed by atoms with van der Waals surface area (Å²) in [5, 5.41) is 10.9. The molecule has 16 heavy (non-hydrogen) atoms. The molecule has 7 nitrogen and oxygen atoms in total. The lowest BCUT2D eigenvalue weighted by molar-refractivity contribution is -0.137. The minimum atomic E-state index is -0.998. The van der Waals surface area contributed by atoms with Crippen LogP contribution in [0.1, 0.15) is 23.8 Å². The van der Waals surface area contributed by atoms with Crippen LogP contribution < -0.4 is 10.9 Å². The molecule has 86 valence electrons. The van der Waals surface area contributed by atoms with Crippen LogP contribution in [0.4, 0.5) is 0 Å². The Bertz CT molecular complexity index is 434. The van der Waals surface area contributed by atoms with E-state index in [9.17, 15) is 14.4 Å². The molecule has 1 aromatic rings. The van der Waals surface area contributed by atoms with Gasteiger partial charge in [-0.25, -0.2) is 4.98 Å². The molecule has 0 aromatic carbocycles. The van der Waals surface area contributed by atoms with Crippen molar-refractivity contribution < 1.29 is 14.7 Å². The van der Waals surface area contributed by atoms with Gasteiger partial charge in [0.25, 0.3) is 11.5 Å². The zero-order valence-corrected chi connectivity index (χ0v) is 8.56. The van der Waals surface area contributed by atoms with E-state index in [1.807, 2.05) is 0 Å². The van der Waals surface area contributed by atoms with Gasteiger partial charge < -0.3 is 15.4 Å². The molecule has 0 bridgehead atoms. The van der Waals surface area contributed by atoms with Crippen LogP contribution in [0.3, 0.4) is 0 Å². The summed E-state index contributed by atoms with van der Waals surface area (Å²) in [5.41, 5.74) is -0.369. The number of aromatic nitrogens is 2. The fourth-order valence-electron chi connectivity index (χ4n) is 1.08. The van der Waals surface area contributed by atoms with Crippen LogP contribution in [0.25, 0.3) is 0 Å². The highest BCUT2D eigenvalue weighted by Gasteiger charge is 2.13. The molecule has 0 aliphatic rings. The first-order valence-electron chi connectivity index (χ1n) is 4.56. The first-order valence-corrected chi connectivity index (χ1v) is 4.56. The summed E-state index contributed by atoms with van der Waals surface area (Å²) in [6.45, 7) is 1.57. The van der Waals surface area contributed by atoms with Crippen molar-refractivity contribution in [1.29, 1.82) is 0 Å². The molecule has 0 spiro atoms. The van der Waals surface area contributed by atoms with E-state index in [0.717, 1.165) is 6.20 Å². The Morgan fingerprint density at radius 1 is 1.62 bits per heavy atom. The van der Waals surface area contributed by atoms with E-state index in [0.29, 0.717) is 0 Å². The first kappa shape index (κ1) is 11.9. The molecular weight excluding hydrogens is 214 g/mol. The average Bonchev–Trinajstić information content (AvgIpc) is 2.16. The Morgan fingerprint density at radius 3 is 2.81 bits per heavy atom. The Morgan fingerprint density at radius 2 is 2.31 bits per heavy atom. The van der Waals surface area contributed by atoms with Gasteiger partial charge in [0.2, 0.25) is 0 Å². The van der Waals surface area contributed by atoms with E-state index in [1.165, 1.54) is 6.20 Å². The quantitative estimate of drug-likeness (QED) is 0.631. The molecular formula is C9H11N3O4. The van der Waals surface area contributed by atoms with Crippen molar-refractivity contribution in [3.05, 3.63) is 28.4 Å². The summed E-state index contributed by atoms with van der Waals surface area (Å²) in [6.07, 6.45) is 1.98. The van der Waals surface area contributed by atoms with Gasteiger partial charge in [0.15, 0.2) is 0 Å². The topological polar surface area (TPSA) is 112 Å². The SMILES string of the molecule is CC(CC(=O)O)NC(=O)c1c[nH]c(=O)cn1. The monoisotopic (exact) mass is 225 g/mol. The van der Waals surface area contributed by atoms with Gasteiger partial charge in [-0.05, 0) is 6.92 Å². The Labute approximate surface area is 90.5 Å². The van der Waals surface area contributed by atoms with Gasteiger partial charge in [-0.15, -0.1) is 0 Å². The predicted molar refractivity (Wildman–Crippen MR) is 54.0 cm³/mol. The molecule has 3 N–H and O–H groups in total. The maximum Gasteiger partial charge on any atom is 0.305 e. The minimum Gasteiger partial charge on any atom is -0.481 e. The summed E-state index contributed by atoms with van der Waals surface area (Å²) in [6, 6.07) is -0.501. The molecule has 0 saturated heterocycles. The third kappa shape index (κ3) is 3.52. The number of rotatable bonds is 4. The van der Waals surface area contributed by atoms with Crippen molar-refractivity contribution >= 4 is 11.9 Å². The molecule has 1 unspecified atom stereocenters. The van der Waals surface area contributed by atoms with Crippen LogP contribution >= 0.6 is 0 Å². The van der Waals surface area contributed by atoms with Crippen molar-refractivity contribution in [3.8, 4) is 0 Å². The van der Waals surface area contributed by atoms with Crippen LogP contribution in [0.5, 0.6) is 0 Å². The number of H-pyrrole nitrogens is 1. The van der Waals surface area contributed by atoms with E-state index in [4.69, 9.17) is 5.11 Å². The van der Waals surface area contributed by atoms with E-state index in [1.54, 1.807) is 6.92 Å². The molecule has 1 heterocycles. The highest BCUT2D eigenvalue weighted by atomic mass is 16.4. The van der Waals surface area contributed by atoms with Crippen molar-refractivity contribution in [3.63, 3.8) is 0 Å². The summed E-state index contributed by atoms with van der Waals surface area (Å²) in [5.74, 6) is -1.52. The number of carboxylic acid groups (broad SMARTS) is 1. The number of aliphatic carboxylic acids is 1. The number of hydrogen-bond acceptors (Lipinski definition) is 4. The maximum absolute atomic E-state index is 11.5. The molecule has 0 aliphatic carbocycles. The second-order valence-electron chi connectivity index (χ2n) is 3.27. The molecule has 0 fully saturated rings. The molecule has 1 atom stereocenters. The normalized spacial score (nSPS) is 11.8. The molecule has 1 amide bonds. The lowest BCUT2D eigenvalue weighted by Gasteiger charge is -2.10. The van der Waals surface area contributed by atoms with Crippen LogP contribution in [-0.2, 0) is 4.79 Å². The Balaban J connectivity index is 2.62. The summed E-state index contributed by atoms with van der Waals surface area (Å²) in [4.78, 5) is 38.4. The lowest BCUT2D eigenvalue weighted by Crippen LogP contribution is -2.35. The van der Waals surface area contributed by atoms with Crippen LogP contribution in [0.15, 0.2) is 17.2 Å². The van der Waals surface area contributed by atoms with Gasteiger partial charge in [0, 0.05) is 12.2 Å². The molecule has 1 rings (SSSR count). The predicted octanol–water partition coefficient (Wildman–Crippen LogP) is -0.637. The van der Waals surface area contributed by atoms with Gasteiger partial charge in [-0.1, -0.05) is 0 Å². The molecule has 0 saturated carbocycles. The molecule has 1 aromatic heterocycles. The van der Waals surface area contributed by atoms with E-state index in [2.05, 4.69) is 15.3 Å². The van der Waals surface area contributed by atoms with Crippen LogP contribution in [0.2, 0.25) is 0 Å². The summed E-state index contributed by atoms with van der Waals surface area (Å²) >= 11 is 0. The third-order valence-corrected chi connectivity index (χ3v) is 1.76. The smallest absolute Gasteiger partial charge is 0.305 e. The number of carbonyl (C=O) groups excluding carboxylic acids is 1. The Kier molecular flexibility index (Phi) is 3.76. The van der Waals surface area contributed by atoms with E-state index >= 15 is 0 Å². The van der Waals surface area contributed by atoms with Crippen LogP contribution in [0, 0.1) is 0 Å². The average molecular weight is 225 g/mol. The van der Waals surface area contributed by atoms with Crippen molar-refractivity contribution in [2.24, 2.45) is 0 Å². The van der Waals surface area contributed by atoms with Crippen molar-refractivity contribution in [1.82, 2.24) is 15.3 Å². The zero-order valence-electron chi connectivity index (χ0n) is 8.56. The van der Waals surface area contributed by atoms with E-state index < -0.39 is 23.5 Å². The van der Waals surface area contributed by atoms with Gasteiger partial charge in [0.05, 0.1) is 12.6 Å². The summed E-state index contributed by atoms with van der Waals surface area (Å²) < 4.78 is 0. The zero-order chi connectivity index (χ0) is 12.1. The number of nitrogens with zero attached hydrogens (tertiary/aromatic N) is 1. The van der Waals surface area contributed by atoms with Crippen molar-refractivity contribution in [2.75, 3.05) is 0 Å². The van der Waals surface area contributed by atoms with Crippen molar-refractivity contribution in [2.45, 2.75) is 19.4 Å². The number of nitrogens with one attached hydrogen (secondary N) is 2. The lowest BCUT2D eigenvalue weighted by atomic mass is 10.2. The standard InChI is InChI=1S/C9H11N3O4/c1-5(2-8(14)15)12-9(16)6-3-11-7(13)4-10-6/h3-5H,2H2,1H3,(H,11,13)(H,12,16)(H,14,15). The molecule has 0 radical (unpaired) electrons. The fourth-order valence-corrected chi connectivity index (χ4v) is 1.08. The third-order valence-electron chi connectivity index (χ3n) is 1.76.